The predicted molar refractivity (Wildman–Crippen MR) is 113 cm³/mol. The standard InChI is InChI=1S/C25H29NO2/c1-5-16-25(22-13-8-7-9-14-22,23-15-11-10-12-20(23)17-26)21(6-2)18-28-24(27)19(3)4/h7-15,21H,3,5-6,16,18H2,1-2,4H3. The fourth-order valence-corrected chi connectivity index (χ4v) is 4.10. The van der Waals surface area contributed by atoms with Gasteiger partial charge in [-0.1, -0.05) is 75.4 Å². The lowest BCUT2D eigenvalue weighted by molar-refractivity contribution is -0.141. The Bertz CT molecular complexity index is 850. The first-order valence-corrected chi connectivity index (χ1v) is 9.89. The van der Waals surface area contributed by atoms with Crippen LogP contribution in [0, 0.1) is 17.2 Å². The van der Waals surface area contributed by atoms with Crippen molar-refractivity contribution in [3.8, 4) is 6.07 Å². The molecule has 0 radical (unpaired) electrons. The predicted octanol–water partition coefficient (Wildman–Crippen LogP) is 5.79. The molecule has 0 amide bonds. The Hall–Kier alpha value is -2.86. The maximum absolute atomic E-state index is 12.1. The quantitative estimate of drug-likeness (QED) is 0.412. The second kappa shape index (κ2) is 9.90. The molecule has 0 saturated carbocycles. The minimum atomic E-state index is -0.410. The molecule has 2 aromatic carbocycles. The fourth-order valence-electron chi connectivity index (χ4n) is 4.10. The number of nitriles is 1. The summed E-state index contributed by atoms with van der Waals surface area (Å²) in [4.78, 5) is 12.1. The topological polar surface area (TPSA) is 50.1 Å². The van der Waals surface area contributed by atoms with Gasteiger partial charge in [0.15, 0.2) is 0 Å². The van der Waals surface area contributed by atoms with E-state index in [2.05, 4.69) is 38.6 Å². The number of benzene rings is 2. The fraction of sp³-hybridized carbons (Fsp3) is 0.360. The van der Waals surface area contributed by atoms with E-state index in [1.807, 2.05) is 42.5 Å². The third-order valence-corrected chi connectivity index (χ3v) is 5.42. The highest BCUT2D eigenvalue weighted by Crippen LogP contribution is 2.46. The molecule has 0 fully saturated rings. The van der Waals surface area contributed by atoms with E-state index in [9.17, 15) is 10.1 Å². The Labute approximate surface area is 168 Å². The van der Waals surface area contributed by atoms with Crippen LogP contribution in [-0.4, -0.2) is 12.6 Å². The molecular weight excluding hydrogens is 346 g/mol. The Morgan fingerprint density at radius 3 is 2.36 bits per heavy atom. The highest BCUT2D eigenvalue weighted by atomic mass is 16.5. The van der Waals surface area contributed by atoms with Crippen molar-refractivity contribution in [3.63, 3.8) is 0 Å². The molecule has 0 bridgehead atoms. The van der Waals surface area contributed by atoms with E-state index >= 15 is 0 Å². The number of rotatable bonds is 9. The van der Waals surface area contributed by atoms with E-state index in [1.165, 1.54) is 0 Å². The van der Waals surface area contributed by atoms with Crippen molar-refractivity contribution in [3.05, 3.63) is 83.4 Å². The van der Waals surface area contributed by atoms with Crippen LogP contribution in [0.4, 0.5) is 0 Å². The van der Waals surface area contributed by atoms with Crippen molar-refractivity contribution in [1.29, 1.82) is 5.26 Å². The second-order valence-electron chi connectivity index (χ2n) is 7.23. The summed E-state index contributed by atoms with van der Waals surface area (Å²) < 4.78 is 5.60. The van der Waals surface area contributed by atoms with Gasteiger partial charge in [-0.15, -0.1) is 0 Å². The van der Waals surface area contributed by atoms with Gasteiger partial charge < -0.3 is 4.74 Å². The first-order valence-electron chi connectivity index (χ1n) is 9.89. The number of esters is 1. The minimum Gasteiger partial charge on any atom is -0.462 e. The lowest BCUT2D eigenvalue weighted by atomic mass is 9.61. The lowest BCUT2D eigenvalue weighted by Gasteiger charge is -2.42. The molecular formula is C25H29NO2. The minimum absolute atomic E-state index is 0.0349. The van der Waals surface area contributed by atoms with Gasteiger partial charge in [-0.3, -0.25) is 0 Å². The van der Waals surface area contributed by atoms with Crippen LogP contribution < -0.4 is 0 Å². The molecule has 2 unspecified atom stereocenters. The third kappa shape index (κ3) is 4.34. The SMILES string of the molecule is C=C(C)C(=O)OCC(CC)C(CCC)(c1ccccc1)c1ccccc1C#N. The van der Waals surface area contributed by atoms with Gasteiger partial charge in [-0.2, -0.15) is 5.26 Å². The van der Waals surface area contributed by atoms with Gasteiger partial charge in [0.05, 0.1) is 18.2 Å². The Morgan fingerprint density at radius 2 is 1.79 bits per heavy atom. The highest BCUT2D eigenvalue weighted by Gasteiger charge is 2.42. The monoisotopic (exact) mass is 375 g/mol. The van der Waals surface area contributed by atoms with Gasteiger partial charge in [-0.25, -0.2) is 4.79 Å². The molecule has 0 saturated heterocycles. The zero-order valence-electron chi connectivity index (χ0n) is 17.1. The summed E-state index contributed by atoms with van der Waals surface area (Å²) in [6, 6.07) is 20.5. The summed E-state index contributed by atoms with van der Waals surface area (Å²) in [5, 5.41) is 9.80. The van der Waals surface area contributed by atoms with Crippen LogP contribution in [0.1, 0.15) is 56.7 Å². The van der Waals surface area contributed by atoms with Gasteiger partial charge in [0.1, 0.15) is 0 Å². The molecule has 2 aromatic rings. The number of hydrogen-bond donors (Lipinski definition) is 0. The van der Waals surface area contributed by atoms with E-state index in [0.29, 0.717) is 11.1 Å². The van der Waals surface area contributed by atoms with Crippen molar-refractivity contribution < 1.29 is 9.53 Å². The average Bonchev–Trinajstić information content (AvgIpc) is 2.73. The molecule has 0 heterocycles. The van der Waals surface area contributed by atoms with Crippen LogP contribution in [0.3, 0.4) is 0 Å². The number of ether oxygens (including phenoxy) is 1. The van der Waals surface area contributed by atoms with E-state index in [1.54, 1.807) is 6.92 Å². The van der Waals surface area contributed by atoms with E-state index in [4.69, 9.17) is 4.74 Å². The van der Waals surface area contributed by atoms with Crippen molar-refractivity contribution in [2.75, 3.05) is 6.61 Å². The first kappa shape index (κ1) is 21.4. The molecule has 3 heteroatoms. The molecule has 2 rings (SSSR count). The zero-order chi connectivity index (χ0) is 20.6. The third-order valence-electron chi connectivity index (χ3n) is 5.42. The Balaban J connectivity index is 2.67. The van der Waals surface area contributed by atoms with Gasteiger partial charge in [0.25, 0.3) is 0 Å². The molecule has 28 heavy (non-hydrogen) atoms. The van der Waals surface area contributed by atoms with E-state index < -0.39 is 5.41 Å². The van der Waals surface area contributed by atoms with Gasteiger partial charge in [0.2, 0.25) is 0 Å². The highest BCUT2D eigenvalue weighted by molar-refractivity contribution is 5.86. The molecule has 0 spiro atoms. The number of hydrogen-bond acceptors (Lipinski definition) is 3. The number of nitrogens with zero attached hydrogens (tertiary/aromatic N) is 1. The summed E-state index contributed by atoms with van der Waals surface area (Å²) >= 11 is 0. The molecule has 0 aliphatic carbocycles. The van der Waals surface area contributed by atoms with Crippen molar-refractivity contribution in [2.24, 2.45) is 5.92 Å². The molecule has 0 N–H and O–H groups in total. The first-order chi connectivity index (χ1) is 13.5. The van der Waals surface area contributed by atoms with Gasteiger partial charge >= 0.3 is 5.97 Å². The van der Waals surface area contributed by atoms with E-state index in [0.717, 1.165) is 30.4 Å². The molecule has 0 aliphatic heterocycles. The largest absolute Gasteiger partial charge is 0.462 e. The Morgan fingerprint density at radius 1 is 1.14 bits per heavy atom. The molecule has 0 aliphatic rings. The van der Waals surface area contributed by atoms with Crippen molar-refractivity contribution >= 4 is 5.97 Å². The smallest absolute Gasteiger partial charge is 0.333 e. The lowest BCUT2D eigenvalue weighted by Crippen LogP contribution is -2.40. The number of carbonyl (C=O) groups is 1. The summed E-state index contributed by atoms with van der Waals surface area (Å²) in [6.07, 6.45) is 2.62. The second-order valence-corrected chi connectivity index (χ2v) is 7.23. The summed E-state index contributed by atoms with van der Waals surface area (Å²) in [5.74, 6) is -0.335. The summed E-state index contributed by atoms with van der Waals surface area (Å²) in [6.45, 7) is 9.89. The zero-order valence-corrected chi connectivity index (χ0v) is 17.1. The van der Waals surface area contributed by atoms with Crippen LogP contribution in [-0.2, 0) is 14.9 Å². The van der Waals surface area contributed by atoms with Gasteiger partial charge in [0, 0.05) is 16.9 Å². The van der Waals surface area contributed by atoms with Crippen LogP contribution >= 0.6 is 0 Å². The normalized spacial score (nSPS) is 13.8. The maximum Gasteiger partial charge on any atom is 0.333 e. The molecule has 3 nitrogen and oxygen atoms in total. The molecule has 146 valence electrons. The van der Waals surface area contributed by atoms with Crippen molar-refractivity contribution in [1.82, 2.24) is 0 Å². The van der Waals surface area contributed by atoms with E-state index in [-0.39, 0.29) is 18.5 Å². The number of carbonyl (C=O) groups excluding carboxylic acids is 1. The van der Waals surface area contributed by atoms with Crippen LogP contribution in [0.15, 0.2) is 66.7 Å². The van der Waals surface area contributed by atoms with Crippen LogP contribution in [0.5, 0.6) is 0 Å². The average molecular weight is 376 g/mol. The van der Waals surface area contributed by atoms with Crippen molar-refractivity contribution in [2.45, 2.75) is 45.4 Å². The maximum atomic E-state index is 12.1. The molecule has 0 aromatic heterocycles. The van der Waals surface area contributed by atoms with Crippen LogP contribution in [0.25, 0.3) is 0 Å². The van der Waals surface area contributed by atoms with Gasteiger partial charge in [-0.05, 0) is 37.0 Å². The summed E-state index contributed by atoms with van der Waals surface area (Å²) in [5.41, 5.74) is 2.81. The molecule has 2 atom stereocenters. The Kier molecular flexibility index (Phi) is 7.58. The van der Waals surface area contributed by atoms with Crippen LogP contribution in [0.2, 0.25) is 0 Å². The summed E-state index contributed by atoms with van der Waals surface area (Å²) in [7, 11) is 0.